The lowest BCUT2D eigenvalue weighted by atomic mass is 9.86. The molecule has 2 rings (SSSR count). The number of rotatable bonds is 5. The minimum Gasteiger partial charge on any atom is -0.452 e. The van der Waals surface area contributed by atoms with E-state index in [1.807, 2.05) is 0 Å². The first-order valence-electron chi connectivity index (χ1n) is 6.57. The lowest BCUT2D eigenvalue weighted by Gasteiger charge is -2.23. The van der Waals surface area contributed by atoms with Crippen molar-refractivity contribution in [1.82, 2.24) is 15.1 Å². The normalized spacial score (nSPS) is 27.6. The van der Waals surface area contributed by atoms with Gasteiger partial charge in [0.2, 0.25) is 12.3 Å². The molecule has 2 heterocycles. The van der Waals surface area contributed by atoms with Crippen LogP contribution in [-0.4, -0.2) is 72.8 Å². The lowest BCUT2D eigenvalue weighted by molar-refractivity contribution is -0.130. The minimum atomic E-state index is -0.00523. The second kappa shape index (κ2) is 6.20. The van der Waals surface area contributed by atoms with Crippen molar-refractivity contribution in [3.05, 3.63) is 0 Å². The molecule has 2 amide bonds. The van der Waals surface area contributed by atoms with Crippen molar-refractivity contribution in [2.24, 2.45) is 0 Å². The maximum atomic E-state index is 12.0. The van der Waals surface area contributed by atoms with Crippen LogP contribution in [0.4, 0.5) is 0 Å². The Bertz CT molecular complexity index is 316. The molecule has 0 radical (unpaired) electrons. The highest BCUT2D eigenvalue weighted by Gasteiger charge is 2.29. The molecule has 2 fully saturated rings. The fourth-order valence-electron chi connectivity index (χ4n) is 2.74. The van der Waals surface area contributed by atoms with E-state index in [4.69, 9.17) is 0 Å². The highest BCUT2D eigenvalue weighted by molar-refractivity contribution is 6.28. The molecule has 6 nitrogen and oxygen atoms in total. The van der Waals surface area contributed by atoms with Crippen molar-refractivity contribution >= 4 is 19.8 Å². The number of amides is 2. The summed E-state index contributed by atoms with van der Waals surface area (Å²) in [6, 6.07) is 0.217. The topological polar surface area (TPSA) is 72.9 Å². The molecule has 0 aliphatic carbocycles. The summed E-state index contributed by atoms with van der Waals surface area (Å²) < 4.78 is 0. The molecule has 2 unspecified atom stereocenters. The quantitative estimate of drug-likeness (QED) is 0.443. The van der Waals surface area contributed by atoms with Crippen LogP contribution in [0.3, 0.4) is 0 Å². The third-order valence-corrected chi connectivity index (χ3v) is 3.82. The zero-order valence-corrected chi connectivity index (χ0v) is 10.5. The van der Waals surface area contributed by atoms with Crippen LogP contribution in [0.15, 0.2) is 0 Å². The van der Waals surface area contributed by atoms with Crippen LogP contribution in [0.25, 0.3) is 0 Å². The molecule has 0 saturated carbocycles. The Morgan fingerprint density at radius 1 is 1.44 bits per heavy atom. The smallest absolute Gasteiger partial charge is 0.293 e. The van der Waals surface area contributed by atoms with Crippen molar-refractivity contribution in [2.45, 2.75) is 31.2 Å². The van der Waals surface area contributed by atoms with Crippen molar-refractivity contribution in [2.75, 3.05) is 26.2 Å². The summed E-state index contributed by atoms with van der Waals surface area (Å²) >= 11 is 0. The largest absolute Gasteiger partial charge is 0.452 e. The molecular formula is C11H20BN3O3. The molecule has 2 saturated heterocycles. The third-order valence-electron chi connectivity index (χ3n) is 3.82. The summed E-state index contributed by atoms with van der Waals surface area (Å²) in [6.07, 6.45) is 3.62. The summed E-state index contributed by atoms with van der Waals surface area (Å²) in [6.45, 7) is 2.49. The van der Waals surface area contributed by atoms with E-state index in [0.717, 1.165) is 38.8 Å². The van der Waals surface area contributed by atoms with E-state index in [1.165, 1.54) is 0 Å². The van der Waals surface area contributed by atoms with Crippen LogP contribution in [-0.2, 0) is 9.59 Å². The Labute approximate surface area is 108 Å². The van der Waals surface area contributed by atoms with E-state index >= 15 is 0 Å². The highest BCUT2D eigenvalue weighted by Crippen LogP contribution is 2.15. The molecule has 0 aromatic carbocycles. The molecule has 0 bridgehead atoms. The molecule has 7 heteroatoms. The fraction of sp³-hybridized carbons (Fsp3) is 0.818. The van der Waals surface area contributed by atoms with Gasteiger partial charge in [-0.2, -0.15) is 0 Å². The number of nitrogens with one attached hydrogen (secondary N) is 1. The predicted molar refractivity (Wildman–Crippen MR) is 68.1 cm³/mol. The van der Waals surface area contributed by atoms with Gasteiger partial charge in [-0.3, -0.25) is 9.59 Å². The van der Waals surface area contributed by atoms with Gasteiger partial charge in [0.15, 0.2) is 0 Å². The van der Waals surface area contributed by atoms with Crippen LogP contribution in [0.5, 0.6) is 0 Å². The molecule has 2 aliphatic heterocycles. The van der Waals surface area contributed by atoms with E-state index in [0.29, 0.717) is 13.1 Å². The van der Waals surface area contributed by atoms with Crippen molar-refractivity contribution in [3.63, 3.8) is 0 Å². The summed E-state index contributed by atoms with van der Waals surface area (Å²) in [5.41, 5.74) is 0. The SMILES string of the molecule is O=CN1CCC(NCC(=O)N2CCCC2BO)C1. The van der Waals surface area contributed by atoms with E-state index in [-0.39, 0.29) is 25.4 Å². The van der Waals surface area contributed by atoms with Crippen LogP contribution in [0, 0.1) is 0 Å². The molecule has 100 valence electrons. The monoisotopic (exact) mass is 253 g/mol. The molecule has 0 aromatic rings. The van der Waals surface area contributed by atoms with Crippen LogP contribution in [0.2, 0.25) is 0 Å². The second-order valence-electron chi connectivity index (χ2n) is 5.03. The fourth-order valence-corrected chi connectivity index (χ4v) is 2.74. The van der Waals surface area contributed by atoms with Gasteiger partial charge in [0.1, 0.15) is 0 Å². The number of likely N-dealkylation sites (tertiary alicyclic amines) is 2. The van der Waals surface area contributed by atoms with Gasteiger partial charge in [0.05, 0.1) is 6.54 Å². The molecular weight excluding hydrogens is 233 g/mol. The number of nitrogens with zero attached hydrogens (tertiary/aromatic N) is 2. The Hall–Kier alpha value is -1.08. The van der Waals surface area contributed by atoms with Crippen LogP contribution in [0.1, 0.15) is 19.3 Å². The Morgan fingerprint density at radius 2 is 2.28 bits per heavy atom. The highest BCUT2D eigenvalue weighted by atomic mass is 16.2. The van der Waals surface area contributed by atoms with Gasteiger partial charge in [-0.15, -0.1) is 0 Å². The zero-order chi connectivity index (χ0) is 13.0. The van der Waals surface area contributed by atoms with Gasteiger partial charge in [-0.25, -0.2) is 0 Å². The summed E-state index contributed by atoms with van der Waals surface area (Å²) in [5.74, 6) is 0.0467. The van der Waals surface area contributed by atoms with Gasteiger partial charge in [-0.1, -0.05) is 0 Å². The molecule has 2 N–H and O–H groups in total. The predicted octanol–water partition coefficient (Wildman–Crippen LogP) is -1.90. The van der Waals surface area contributed by atoms with Gasteiger partial charge in [-0.05, 0) is 19.3 Å². The first-order chi connectivity index (χ1) is 8.74. The minimum absolute atomic E-state index is 0.00523. The van der Waals surface area contributed by atoms with E-state index in [1.54, 1.807) is 9.80 Å². The Morgan fingerprint density at radius 3 is 2.94 bits per heavy atom. The number of carbonyl (C=O) groups excluding carboxylic acids is 2. The Balaban J connectivity index is 1.73. The van der Waals surface area contributed by atoms with Crippen LogP contribution < -0.4 is 5.32 Å². The first-order valence-corrected chi connectivity index (χ1v) is 6.57. The third kappa shape index (κ3) is 3.03. The number of hydrogen-bond donors (Lipinski definition) is 2. The van der Waals surface area contributed by atoms with Crippen molar-refractivity contribution in [3.8, 4) is 0 Å². The number of hydrogen-bond acceptors (Lipinski definition) is 4. The number of carbonyl (C=O) groups is 2. The van der Waals surface area contributed by atoms with Gasteiger partial charge in [0, 0.05) is 31.6 Å². The molecule has 18 heavy (non-hydrogen) atoms. The second-order valence-corrected chi connectivity index (χ2v) is 5.03. The first kappa shape index (κ1) is 13.4. The van der Waals surface area contributed by atoms with E-state index < -0.39 is 0 Å². The zero-order valence-electron chi connectivity index (χ0n) is 10.5. The molecule has 0 spiro atoms. The van der Waals surface area contributed by atoms with E-state index in [9.17, 15) is 14.6 Å². The van der Waals surface area contributed by atoms with Gasteiger partial charge in [0.25, 0.3) is 7.48 Å². The van der Waals surface area contributed by atoms with Gasteiger partial charge < -0.3 is 20.1 Å². The summed E-state index contributed by atoms with van der Waals surface area (Å²) in [5, 5.41) is 12.4. The summed E-state index contributed by atoms with van der Waals surface area (Å²) in [7, 11) is 0.0497. The summed E-state index contributed by atoms with van der Waals surface area (Å²) in [4.78, 5) is 26.0. The molecule has 0 aromatic heterocycles. The average molecular weight is 253 g/mol. The maximum Gasteiger partial charge on any atom is 0.293 e. The molecule has 2 aliphatic rings. The van der Waals surface area contributed by atoms with E-state index in [2.05, 4.69) is 5.32 Å². The molecule has 2 atom stereocenters. The average Bonchev–Trinajstić information content (AvgIpc) is 3.04. The van der Waals surface area contributed by atoms with Gasteiger partial charge >= 0.3 is 0 Å². The Kier molecular flexibility index (Phi) is 4.60. The van der Waals surface area contributed by atoms with Crippen molar-refractivity contribution in [1.29, 1.82) is 0 Å². The maximum absolute atomic E-state index is 12.0. The van der Waals surface area contributed by atoms with Crippen LogP contribution >= 0.6 is 0 Å². The lowest BCUT2D eigenvalue weighted by Crippen LogP contribution is -2.46. The standard InChI is InChI=1S/C11H20BN3O3/c16-8-14-5-3-9(7-14)13-6-11(17)15-4-1-2-10(15)12-18/h8-10,12-13,18H,1-7H2. The van der Waals surface area contributed by atoms with Crippen molar-refractivity contribution < 1.29 is 14.6 Å².